The number of anilines is 1. The summed E-state index contributed by atoms with van der Waals surface area (Å²) in [5.41, 5.74) is 6.92. The van der Waals surface area contributed by atoms with Crippen molar-refractivity contribution in [1.82, 2.24) is 14.5 Å². The van der Waals surface area contributed by atoms with Crippen molar-refractivity contribution < 1.29 is 8.42 Å². The molecular formula is C12H14N4O2S. The van der Waals surface area contributed by atoms with E-state index in [2.05, 4.69) is 9.82 Å². The number of nitrogen functional groups attached to an aromatic ring is 1. The molecule has 3 rings (SSSR count). The summed E-state index contributed by atoms with van der Waals surface area (Å²) in [4.78, 5) is 0.267. The number of benzene rings is 1. The summed E-state index contributed by atoms with van der Waals surface area (Å²) in [6, 6.07) is 6.65. The Balaban J connectivity index is 1.86. The van der Waals surface area contributed by atoms with Crippen LogP contribution in [0.3, 0.4) is 0 Å². The van der Waals surface area contributed by atoms with Crippen LogP contribution in [-0.2, 0) is 10.0 Å². The summed E-state index contributed by atoms with van der Waals surface area (Å²) in [6.07, 6.45) is 5.05. The van der Waals surface area contributed by atoms with Gasteiger partial charge in [0.25, 0.3) is 0 Å². The predicted octanol–water partition coefficient (Wildman–Crippen LogP) is 0.895. The SMILES string of the molecule is Nc1cnn(-c2ccc(S(=O)(=O)NC3CC3)cc2)c1. The van der Waals surface area contributed by atoms with Crippen LogP contribution < -0.4 is 10.5 Å². The highest BCUT2D eigenvalue weighted by atomic mass is 32.2. The maximum Gasteiger partial charge on any atom is 0.240 e. The molecule has 100 valence electrons. The standard InChI is InChI=1S/C12H14N4O2S/c13-9-7-14-16(8-9)11-3-5-12(6-4-11)19(17,18)15-10-1-2-10/h3-8,10,15H,1-2,13H2. The lowest BCUT2D eigenvalue weighted by Crippen LogP contribution is -2.25. The maximum atomic E-state index is 12.0. The number of nitrogens with zero attached hydrogens (tertiary/aromatic N) is 2. The van der Waals surface area contributed by atoms with Crippen LogP contribution in [-0.4, -0.2) is 24.2 Å². The fraction of sp³-hybridized carbons (Fsp3) is 0.250. The third-order valence-electron chi connectivity index (χ3n) is 2.91. The summed E-state index contributed by atoms with van der Waals surface area (Å²) in [6.45, 7) is 0. The molecule has 1 saturated carbocycles. The van der Waals surface area contributed by atoms with Crippen LogP contribution >= 0.6 is 0 Å². The van der Waals surface area contributed by atoms with E-state index in [-0.39, 0.29) is 10.9 Å². The van der Waals surface area contributed by atoms with Gasteiger partial charge in [-0.3, -0.25) is 0 Å². The normalized spacial score (nSPS) is 15.6. The largest absolute Gasteiger partial charge is 0.396 e. The molecule has 0 bridgehead atoms. The number of aromatic nitrogens is 2. The quantitative estimate of drug-likeness (QED) is 0.869. The number of nitrogens with two attached hydrogens (primary N) is 1. The topological polar surface area (TPSA) is 90.0 Å². The van der Waals surface area contributed by atoms with Crippen LogP contribution in [0.25, 0.3) is 5.69 Å². The minimum Gasteiger partial charge on any atom is -0.396 e. The van der Waals surface area contributed by atoms with Crippen molar-refractivity contribution in [2.24, 2.45) is 0 Å². The van der Waals surface area contributed by atoms with Gasteiger partial charge in [0, 0.05) is 6.04 Å². The lowest BCUT2D eigenvalue weighted by atomic mass is 10.3. The number of nitrogens with one attached hydrogen (secondary N) is 1. The third kappa shape index (κ3) is 2.61. The van der Waals surface area contributed by atoms with E-state index in [4.69, 9.17) is 5.73 Å². The summed E-state index contributed by atoms with van der Waals surface area (Å²) >= 11 is 0. The second-order valence-corrected chi connectivity index (χ2v) is 6.32. The van der Waals surface area contributed by atoms with Crippen LogP contribution in [0.1, 0.15) is 12.8 Å². The van der Waals surface area contributed by atoms with Gasteiger partial charge in [0.15, 0.2) is 0 Å². The molecule has 0 saturated heterocycles. The molecule has 1 aliphatic carbocycles. The molecule has 1 heterocycles. The van der Waals surface area contributed by atoms with Crippen molar-refractivity contribution in [2.75, 3.05) is 5.73 Å². The Morgan fingerprint density at radius 2 is 1.95 bits per heavy atom. The minimum atomic E-state index is -3.40. The summed E-state index contributed by atoms with van der Waals surface area (Å²) < 4.78 is 28.2. The highest BCUT2D eigenvalue weighted by Crippen LogP contribution is 2.22. The summed E-state index contributed by atoms with van der Waals surface area (Å²) in [5, 5.41) is 4.06. The molecular weight excluding hydrogens is 264 g/mol. The molecule has 0 atom stereocenters. The molecule has 1 aromatic heterocycles. The molecule has 1 aromatic carbocycles. The lowest BCUT2D eigenvalue weighted by Gasteiger charge is -2.06. The van der Waals surface area contributed by atoms with Crippen LogP contribution in [0.4, 0.5) is 5.69 Å². The molecule has 19 heavy (non-hydrogen) atoms. The Morgan fingerprint density at radius 3 is 2.47 bits per heavy atom. The van der Waals surface area contributed by atoms with Crippen LogP contribution in [0.5, 0.6) is 0 Å². The second-order valence-electron chi connectivity index (χ2n) is 4.61. The molecule has 0 spiro atoms. The van der Waals surface area contributed by atoms with Gasteiger partial charge >= 0.3 is 0 Å². The first-order chi connectivity index (χ1) is 9.04. The number of rotatable bonds is 4. The highest BCUT2D eigenvalue weighted by molar-refractivity contribution is 7.89. The van der Waals surface area contributed by atoms with Gasteiger partial charge in [-0.25, -0.2) is 17.8 Å². The summed E-state index contributed by atoms with van der Waals surface area (Å²) in [5.74, 6) is 0. The Hall–Kier alpha value is -1.86. The molecule has 3 N–H and O–H groups in total. The van der Waals surface area contributed by atoms with E-state index >= 15 is 0 Å². The Morgan fingerprint density at radius 1 is 1.26 bits per heavy atom. The molecule has 6 nitrogen and oxygen atoms in total. The van der Waals surface area contributed by atoms with Crippen LogP contribution in [0.15, 0.2) is 41.6 Å². The van der Waals surface area contributed by atoms with Gasteiger partial charge in [0.1, 0.15) is 0 Å². The fourth-order valence-electron chi connectivity index (χ4n) is 1.74. The molecule has 0 radical (unpaired) electrons. The van der Waals surface area contributed by atoms with E-state index in [0.29, 0.717) is 5.69 Å². The monoisotopic (exact) mass is 278 g/mol. The average Bonchev–Trinajstić information content (AvgIpc) is 3.07. The Kier molecular flexibility index (Phi) is 2.79. The van der Waals surface area contributed by atoms with Gasteiger partial charge < -0.3 is 5.73 Å². The zero-order valence-electron chi connectivity index (χ0n) is 10.2. The maximum absolute atomic E-state index is 12.0. The van der Waals surface area contributed by atoms with Gasteiger partial charge in [-0.2, -0.15) is 5.10 Å². The third-order valence-corrected chi connectivity index (χ3v) is 4.45. The molecule has 7 heteroatoms. The van der Waals surface area contributed by atoms with Crippen molar-refractivity contribution in [3.8, 4) is 5.69 Å². The zero-order valence-corrected chi connectivity index (χ0v) is 11.0. The smallest absolute Gasteiger partial charge is 0.240 e. The Bertz CT molecular complexity index is 687. The molecule has 0 unspecified atom stereocenters. The number of hydrogen-bond donors (Lipinski definition) is 2. The minimum absolute atomic E-state index is 0.107. The Labute approximate surface area is 111 Å². The molecule has 2 aromatic rings. The van der Waals surface area contributed by atoms with Crippen molar-refractivity contribution in [3.05, 3.63) is 36.7 Å². The lowest BCUT2D eigenvalue weighted by molar-refractivity contribution is 0.581. The van der Waals surface area contributed by atoms with Gasteiger partial charge in [-0.15, -0.1) is 0 Å². The van der Waals surface area contributed by atoms with Crippen LogP contribution in [0, 0.1) is 0 Å². The van der Waals surface area contributed by atoms with E-state index in [1.807, 2.05) is 0 Å². The predicted molar refractivity (Wildman–Crippen MR) is 71.3 cm³/mol. The van der Waals surface area contributed by atoms with Crippen molar-refractivity contribution in [2.45, 2.75) is 23.8 Å². The number of hydrogen-bond acceptors (Lipinski definition) is 4. The van der Waals surface area contributed by atoms with Crippen molar-refractivity contribution >= 4 is 15.7 Å². The van der Waals surface area contributed by atoms with E-state index in [1.165, 1.54) is 0 Å². The van der Waals surface area contributed by atoms with E-state index < -0.39 is 10.0 Å². The van der Waals surface area contributed by atoms with E-state index in [0.717, 1.165) is 18.5 Å². The second kappa shape index (κ2) is 4.36. The van der Waals surface area contributed by atoms with Gasteiger partial charge in [-0.1, -0.05) is 0 Å². The molecule has 0 amide bonds. The first-order valence-electron chi connectivity index (χ1n) is 5.97. The average molecular weight is 278 g/mol. The molecule has 1 aliphatic rings. The zero-order chi connectivity index (χ0) is 13.5. The van der Waals surface area contributed by atoms with Gasteiger partial charge in [-0.05, 0) is 37.1 Å². The molecule has 0 aliphatic heterocycles. The van der Waals surface area contributed by atoms with E-state index in [9.17, 15) is 8.42 Å². The van der Waals surface area contributed by atoms with Crippen molar-refractivity contribution in [1.29, 1.82) is 0 Å². The highest BCUT2D eigenvalue weighted by Gasteiger charge is 2.27. The van der Waals surface area contributed by atoms with Crippen molar-refractivity contribution in [3.63, 3.8) is 0 Å². The first-order valence-corrected chi connectivity index (χ1v) is 7.46. The fourth-order valence-corrected chi connectivity index (χ4v) is 3.05. The van der Waals surface area contributed by atoms with Gasteiger partial charge in [0.2, 0.25) is 10.0 Å². The van der Waals surface area contributed by atoms with E-state index in [1.54, 1.807) is 41.3 Å². The first kappa shape index (κ1) is 12.2. The summed E-state index contributed by atoms with van der Waals surface area (Å²) in [7, 11) is -3.40. The molecule has 1 fully saturated rings. The number of sulfonamides is 1. The van der Waals surface area contributed by atoms with Crippen LogP contribution in [0.2, 0.25) is 0 Å². The van der Waals surface area contributed by atoms with Gasteiger partial charge in [0.05, 0.1) is 28.7 Å².